The monoisotopic (exact) mass is 395 g/mol. The Bertz CT molecular complexity index is 1130. The largest absolute Gasteiger partial charge is 0.497 e. The summed E-state index contributed by atoms with van der Waals surface area (Å²) < 4.78 is 18.7. The van der Waals surface area contributed by atoms with Gasteiger partial charge in [-0.3, -0.25) is 14.5 Å². The van der Waals surface area contributed by atoms with Crippen molar-refractivity contribution in [3.05, 3.63) is 75.8 Å². The van der Waals surface area contributed by atoms with Crippen molar-refractivity contribution in [2.24, 2.45) is 0 Å². The number of hydrogen-bond donors (Lipinski definition) is 1. The molecule has 0 saturated carbocycles. The molecule has 1 aliphatic heterocycles. The normalized spacial score (nSPS) is 17.5. The van der Waals surface area contributed by atoms with Crippen LogP contribution >= 0.6 is 0 Å². The summed E-state index contributed by atoms with van der Waals surface area (Å²) in [4.78, 5) is 32.1. The summed E-state index contributed by atoms with van der Waals surface area (Å²) in [6.45, 7) is 1.67. The van der Waals surface area contributed by atoms with Crippen LogP contribution in [0.25, 0.3) is 10.9 Å². The number of aromatic amines is 1. The molecule has 1 aliphatic rings. The molecule has 2 aromatic carbocycles. The summed E-state index contributed by atoms with van der Waals surface area (Å²) in [7, 11) is 3.64. The van der Waals surface area contributed by atoms with Gasteiger partial charge in [-0.15, -0.1) is 0 Å². The van der Waals surface area contributed by atoms with E-state index in [1.807, 2.05) is 31.3 Å². The Balaban J connectivity index is 1.63. The molecule has 2 heterocycles. The number of ether oxygens (including phenoxy) is 1. The first kappa shape index (κ1) is 19.1. The second-order valence-electron chi connectivity index (χ2n) is 7.27. The van der Waals surface area contributed by atoms with Gasteiger partial charge in [-0.1, -0.05) is 12.1 Å². The summed E-state index contributed by atoms with van der Waals surface area (Å²) in [5.74, 6) is 0.00320. The summed E-state index contributed by atoms with van der Waals surface area (Å²) in [6.07, 6.45) is 0. The highest BCUT2D eigenvalue weighted by atomic mass is 19.1. The van der Waals surface area contributed by atoms with E-state index in [2.05, 4.69) is 9.88 Å². The molecular weight excluding hydrogens is 373 g/mol. The molecule has 1 atom stereocenters. The predicted octanol–water partition coefficient (Wildman–Crippen LogP) is 2.80. The van der Waals surface area contributed by atoms with Crippen LogP contribution in [-0.2, 0) is 0 Å². The average molecular weight is 395 g/mol. The van der Waals surface area contributed by atoms with Gasteiger partial charge >= 0.3 is 0 Å². The van der Waals surface area contributed by atoms with Crippen LogP contribution in [0.2, 0.25) is 0 Å². The topological polar surface area (TPSA) is 65.6 Å². The summed E-state index contributed by atoms with van der Waals surface area (Å²) >= 11 is 0. The van der Waals surface area contributed by atoms with Crippen LogP contribution in [0.1, 0.15) is 22.0 Å². The summed E-state index contributed by atoms with van der Waals surface area (Å²) in [6, 6.07) is 13.4. The van der Waals surface area contributed by atoms with Gasteiger partial charge in [0.05, 0.1) is 18.7 Å². The number of halogens is 1. The molecule has 29 heavy (non-hydrogen) atoms. The van der Waals surface area contributed by atoms with Gasteiger partial charge < -0.3 is 14.6 Å². The van der Waals surface area contributed by atoms with E-state index in [0.717, 1.165) is 11.3 Å². The number of piperazine rings is 1. The highest BCUT2D eigenvalue weighted by molar-refractivity contribution is 5.97. The number of amides is 1. The number of fused-ring (bicyclic) bond motifs is 1. The lowest BCUT2D eigenvalue weighted by Gasteiger charge is -2.39. The molecule has 150 valence electrons. The van der Waals surface area contributed by atoms with Gasteiger partial charge in [-0.2, -0.15) is 0 Å². The molecule has 1 N–H and O–H groups in total. The fourth-order valence-electron chi connectivity index (χ4n) is 3.77. The number of likely N-dealkylation sites (N-methyl/N-ethyl adjacent to an activating group) is 1. The van der Waals surface area contributed by atoms with E-state index >= 15 is 0 Å². The predicted molar refractivity (Wildman–Crippen MR) is 109 cm³/mol. The standard InChI is InChI=1S/C22H22FN3O3/c1-25-8-9-26(13-20(25)15-4-3-5-17(10-15)29-2)22(28)18-11-14-6-7-16(23)12-19(14)24-21(18)27/h3-7,10-12,20H,8-9,13H2,1-2H3,(H,24,27). The van der Waals surface area contributed by atoms with E-state index in [1.165, 1.54) is 18.2 Å². The fourth-order valence-corrected chi connectivity index (χ4v) is 3.77. The van der Waals surface area contributed by atoms with Gasteiger partial charge in [0.1, 0.15) is 17.1 Å². The molecule has 0 spiro atoms. The third kappa shape index (κ3) is 3.73. The third-order valence-corrected chi connectivity index (χ3v) is 5.45. The first-order valence-electron chi connectivity index (χ1n) is 9.42. The van der Waals surface area contributed by atoms with Gasteiger partial charge in [-0.05, 0) is 54.4 Å². The van der Waals surface area contributed by atoms with E-state index in [4.69, 9.17) is 4.74 Å². The molecule has 1 unspecified atom stereocenters. The smallest absolute Gasteiger partial charge is 0.261 e. The van der Waals surface area contributed by atoms with E-state index < -0.39 is 11.4 Å². The minimum Gasteiger partial charge on any atom is -0.497 e. The quantitative estimate of drug-likeness (QED) is 0.741. The van der Waals surface area contributed by atoms with Crippen molar-refractivity contribution in [2.45, 2.75) is 6.04 Å². The molecule has 0 bridgehead atoms. The third-order valence-electron chi connectivity index (χ3n) is 5.45. The van der Waals surface area contributed by atoms with E-state index in [9.17, 15) is 14.0 Å². The number of carbonyl (C=O) groups excluding carboxylic acids is 1. The molecule has 1 fully saturated rings. The van der Waals surface area contributed by atoms with Crippen LogP contribution in [0, 0.1) is 5.82 Å². The highest BCUT2D eigenvalue weighted by Gasteiger charge is 2.30. The van der Waals surface area contributed by atoms with E-state index in [1.54, 1.807) is 18.1 Å². The molecule has 1 saturated heterocycles. The minimum atomic E-state index is -0.509. The summed E-state index contributed by atoms with van der Waals surface area (Å²) in [5, 5.41) is 0.618. The highest BCUT2D eigenvalue weighted by Crippen LogP contribution is 2.27. The van der Waals surface area contributed by atoms with Crippen molar-refractivity contribution in [3.63, 3.8) is 0 Å². The number of aromatic nitrogens is 1. The number of hydrogen-bond acceptors (Lipinski definition) is 4. The molecule has 6 nitrogen and oxygen atoms in total. The first-order valence-corrected chi connectivity index (χ1v) is 9.42. The van der Waals surface area contributed by atoms with E-state index in [-0.39, 0.29) is 17.5 Å². The molecule has 0 radical (unpaired) electrons. The number of rotatable bonds is 3. The van der Waals surface area contributed by atoms with Gasteiger partial charge in [0.2, 0.25) is 0 Å². The lowest BCUT2D eigenvalue weighted by molar-refractivity contribution is 0.0544. The van der Waals surface area contributed by atoms with Crippen LogP contribution in [0.4, 0.5) is 4.39 Å². The van der Waals surface area contributed by atoms with Crippen LogP contribution in [0.5, 0.6) is 5.75 Å². The zero-order valence-corrected chi connectivity index (χ0v) is 16.3. The SMILES string of the molecule is COc1cccc(C2CN(C(=O)c3cc4ccc(F)cc4[nH]c3=O)CCN2C)c1. The second kappa shape index (κ2) is 7.67. The fraction of sp³-hybridized carbons (Fsp3) is 0.273. The lowest BCUT2D eigenvalue weighted by atomic mass is 10.0. The maximum absolute atomic E-state index is 13.4. The molecule has 7 heteroatoms. The van der Waals surface area contributed by atoms with Crippen molar-refractivity contribution < 1.29 is 13.9 Å². The zero-order valence-electron chi connectivity index (χ0n) is 16.3. The number of H-pyrrole nitrogens is 1. The second-order valence-corrected chi connectivity index (χ2v) is 7.27. The Morgan fingerprint density at radius 1 is 1.17 bits per heavy atom. The maximum atomic E-state index is 13.4. The Morgan fingerprint density at radius 2 is 2.00 bits per heavy atom. The van der Waals surface area contributed by atoms with E-state index in [0.29, 0.717) is 30.5 Å². The maximum Gasteiger partial charge on any atom is 0.261 e. The zero-order chi connectivity index (χ0) is 20.5. The molecule has 3 aromatic rings. The van der Waals surface area contributed by atoms with Crippen molar-refractivity contribution in [3.8, 4) is 5.75 Å². The van der Waals surface area contributed by atoms with Gasteiger partial charge in [0, 0.05) is 19.6 Å². The number of benzene rings is 2. The van der Waals surface area contributed by atoms with Crippen molar-refractivity contribution in [1.82, 2.24) is 14.8 Å². The van der Waals surface area contributed by atoms with Crippen LogP contribution in [-0.4, -0.2) is 54.5 Å². The number of nitrogens with one attached hydrogen (secondary N) is 1. The molecular formula is C22H22FN3O3. The first-order chi connectivity index (χ1) is 14.0. The number of carbonyl (C=O) groups is 1. The number of pyridine rings is 1. The molecule has 4 rings (SSSR count). The Hall–Kier alpha value is -3.19. The van der Waals surface area contributed by atoms with Crippen LogP contribution < -0.4 is 10.3 Å². The summed E-state index contributed by atoms with van der Waals surface area (Å²) in [5.41, 5.74) is 0.981. The Kier molecular flexibility index (Phi) is 5.07. The van der Waals surface area contributed by atoms with Gasteiger partial charge in [0.25, 0.3) is 11.5 Å². The lowest BCUT2D eigenvalue weighted by Crippen LogP contribution is -2.49. The average Bonchev–Trinajstić information content (AvgIpc) is 2.73. The van der Waals surface area contributed by atoms with Crippen molar-refractivity contribution >= 4 is 16.8 Å². The van der Waals surface area contributed by atoms with Crippen LogP contribution in [0.3, 0.4) is 0 Å². The van der Waals surface area contributed by atoms with Crippen LogP contribution in [0.15, 0.2) is 53.3 Å². The van der Waals surface area contributed by atoms with Crippen molar-refractivity contribution in [1.29, 1.82) is 0 Å². The van der Waals surface area contributed by atoms with Crippen molar-refractivity contribution in [2.75, 3.05) is 33.8 Å². The molecule has 1 amide bonds. The van der Waals surface area contributed by atoms with Gasteiger partial charge in [0.15, 0.2) is 0 Å². The minimum absolute atomic E-state index is 0.00330. The molecule has 1 aromatic heterocycles. The Labute approximate surface area is 167 Å². The number of nitrogens with zero attached hydrogens (tertiary/aromatic N) is 2. The number of methoxy groups -OCH3 is 1. The molecule has 0 aliphatic carbocycles. The van der Waals surface area contributed by atoms with Gasteiger partial charge in [-0.25, -0.2) is 4.39 Å². The Morgan fingerprint density at radius 3 is 2.79 bits per heavy atom.